The van der Waals surface area contributed by atoms with Crippen molar-refractivity contribution in [2.75, 3.05) is 19.0 Å². The highest BCUT2D eigenvalue weighted by atomic mass is 79.9. The molecule has 0 aliphatic carbocycles. The van der Waals surface area contributed by atoms with Gasteiger partial charge in [-0.15, -0.1) is 11.6 Å². The van der Waals surface area contributed by atoms with Gasteiger partial charge in [-0.3, -0.25) is 9.88 Å². The molecule has 0 aromatic carbocycles. The van der Waals surface area contributed by atoms with Crippen LogP contribution in [0.15, 0.2) is 22.9 Å². The number of rotatable bonds is 5. The summed E-state index contributed by atoms with van der Waals surface area (Å²) in [7, 11) is 0. The molecule has 0 spiro atoms. The van der Waals surface area contributed by atoms with Crippen molar-refractivity contribution in [3.63, 3.8) is 0 Å². The summed E-state index contributed by atoms with van der Waals surface area (Å²) in [4.78, 5) is 5.15. The monoisotopic (exact) mass is 330 g/mol. The first kappa shape index (κ1) is 14.7. The van der Waals surface area contributed by atoms with E-state index in [1.54, 1.807) is 18.5 Å². The Balaban J connectivity index is 2.66. The van der Waals surface area contributed by atoms with Crippen molar-refractivity contribution in [3.8, 4) is 0 Å². The lowest BCUT2D eigenvalue weighted by atomic mass is 10.2. The van der Waals surface area contributed by atoms with Crippen LogP contribution < -0.4 is 0 Å². The molecule has 0 fully saturated rings. The molecule has 2 nitrogen and oxygen atoms in total. The van der Waals surface area contributed by atoms with Crippen molar-refractivity contribution in [2.24, 2.45) is 0 Å². The third kappa shape index (κ3) is 6.24. The SMILES string of the molecule is FC(F)(F)CN(CCCl)Cc1cncc(Br)c1. The standard InChI is InChI=1S/C10H11BrClF3N2/c11-9-3-8(4-16-5-9)6-17(2-1-12)7-10(13,14)15/h3-5H,1-2,6-7H2. The summed E-state index contributed by atoms with van der Waals surface area (Å²) in [6.45, 7) is -0.599. The minimum atomic E-state index is -4.22. The molecule has 17 heavy (non-hydrogen) atoms. The third-order valence-corrected chi connectivity index (χ3v) is 2.57. The molecule has 0 amide bonds. The van der Waals surface area contributed by atoms with Crippen molar-refractivity contribution < 1.29 is 13.2 Å². The predicted molar refractivity (Wildman–Crippen MR) is 64.0 cm³/mol. The van der Waals surface area contributed by atoms with Crippen molar-refractivity contribution >= 4 is 27.5 Å². The van der Waals surface area contributed by atoms with E-state index in [1.165, 1.54) is 4.90 Å². The maximum atomic E-state index is 12.3. The Morgan fingerprint density at radius 2 is 2.06 bits per heavy atom. The molecular weight excluding hydrogens is 320 g/mol. The minimum absolute atomic E-state index is 0.164. The third-order valence-electron chi connectivity index (χ3n) is 1.97. The lowest BCUT2D eigenvalue weighted by Gasteiger charge is -2.22. The van der Waals surface area contributed by atoms with Gasteiger partial charge in [0, 0.05) is 35.8 Å². The van der Waals surface area contributed by atoms with Gasteiger partial charge in [0.2, 0.25) is 0 Å². The van der Waals surface area contributed by atoms with Gasteiger partial charge in [0.15, 0.2) is 0 Å². The van der Waals surface area contributed by atoms with Gasteiger partial charge in [-0.05, 0) is 27.6 Å². The van der Waals surface area contributed by atoms with E-state index in [0.717, 1.165) is 4.47 Å². The normalized spacial score (nSPS) is 12.1. The van der Waals surface area contributed by atoms with Crippen LogP contribution in [0.1, 0.15) is 5.56 Å². The molecule has 0 aliphatic heterocycles. The molecular formula is C10H11BrClF3N2. The van der Waals surface area contributed by atoms with Crippen LogP contribution in [0.25, 0.3) is 0 Å². The van der Waals surface area contributed by atoms with Crippen molar-refractivity contribution in [2.45, 2.75) is 12.7 Å². The zero-order valence-corrected chi connectivity index (χ0v) is 11.2. The van der Waals surface area contributed by atoms with Crippen LogP contribution in [-0.4, -0.2) is 35.0 Å². The van der Waals surface area contributed by atoms with Crippen LogP contribution >= 0.6 is 27.5 Å². The van der Waals surface area contributed by atoms with Crippen LogP contribution in [0.4, 0.5) is 13.2 Å². The first-order valence-electron chi connectivity index (χ1n) is 4.85. The number of hydrogen-bond acceptors (Lipinski definition) is 2. The zero-order valence-electron chi connectivity index (χ0n) is 8.84. The summed E-state index contributed by atoms with van der Waals surface area (Å²) >= 11 is 8.71. The zero-order chi connectivity index (χ0) is 12.9. The summed E-state index contributed by atoms with van der Waals surface area (Å²) in [6, 6.07) is 1.74. The Bertz CT molecular complexity index is 360. The minimum Gasteiger partial charge on any atom is -0.289 e. The van der Waals surface area contributed by atoms with Crippen LogP contribution in [0.2, 0.25) is 0 Å². The molecule has 1 heterocycles. The molecule has 0 N–H and O–H groups in total. The number of alkyl halides is 4. The van der Waals surface area contributed by atoms with Gasteiger partial charge in [0.1, 0.15) is 0 Å². The topological polar surface area (TPSA) is 16.1 Å². The summed E-state index contributed by atoms with van der Waals surface area (Å²) < 4.78 is 37.6. The van der Waals surface area contributed by atoms with Crippen molar-refractivity contribution in [1.82, 2.24) is 9.88 Å². The molecule has 96 valence electrons. The second kappa shape index (κ2) is 6.56. The van der Waals surface area contributed by atoms with Crippen molar-refractivity contribution in [3.05, 3.63) is 28.5 Å². The highest BCUT2D eigenvalue weighted by Gasteiger charge is 2.30. The van der Waals surface area contributed by atoms with Crippen LogP contribution in [0.3, 0.4) is 0 Å². The highest BCUT2D eigenvalue weighted by molar-refractivity contribution is 9.10. The Hall–Kier alpha value is -0.330. The van der Waals surface area contributed by atoms with Gasteiger partial charge in [-0.1, -0.05) is 0 Å². The second-order valence-corrected chi connectivity index (χ2v) is 4.82. The number of hydrogen-bond donors (Lipinski definition) is 0. The summed E-state index contributed by atoms with van der Waals surface area (Å²) in [5.74, 6) is 0.164. The molecule has 1 aromatic rings. The van der Waals surface area contributed by atoms with Gasteiger partial charge in [-0.2, -0.15) is 13.2 Å². The molecule has 7 heteroatoms. The van der Waals surface area contributed by atoms with E-state index in [2.05, 4.69) is 20.9 Å². The molecule has 0 aliphatic rings. The first-order chi connectivity index (χ1) is 7.90. The fraction of sp³-hybridized carbons (Fsp3) is 0.500. The smallest absolute Gasteiger partial charge is 0.289 e. The lowest BCUT2D eigenvalue weighted by Crippen LogP contribution is -2.35. The number of pyridine rings is 1. The number of nitrogens with zero attached hydrogens (tertiary/aromatic N) is 2. The van der Waals surface area contributed by atoms with E-state index in [4.69, 9.17) is 11.6 Å². The predicted octanol–water partition coefficient (Wildman–Crippen LogP) is 3.45. The average molecular weight is 332 g/mol. The van der Waals surface area contributed by atoms with Gasteiger partial charge < -0.3 is 0 Å². The molecule has 0 atom stereocenters. The maximum absolute atomic E-state index is 12.3. The van der Waals surface area contributed by atoms with Crippen LogP contribution in [0.5, 0.6) is 0 Å². The van der Waals surface area contributed by atoms with Gasteiger partial charge >= 0.3 is 6.18 Å². The van der Waals surface area contributed by atoms with Crippen LogP contribution in [-0.2, 0) is 6.54 Å². The van der Waals surface area contributed by atoms with E-state index in [9.17, 15) is 13.2 Å². The largest absolute Gasteiger partial charge is 0.401 e. The van der Waals surface area contributed by atoms with E-state index >= 15 is 0 Å². The van der Waals surface area contributed by atoms with E-state index in [0.29, 0.717) is 5.56 Å². The van der Waals surface area contributed by atoms with E-state index < -0.39 is 12.7 Å². The van der Waals surface area contributed by atoms with E-state index in [1.807, 2.05) is 0 Å². The molecule has 1 aromatic heterocycles. The fourth-order valence-corrected chi connectivity index (χ4v) is 2.04. The molecule has 0 unspecified atom stereocenters. The molecule has 1 rings (SSSR count). The van der Waals surface area contributed by atoms with Gasteiger partial charge in [0.25, 0.3) is 0 Å². The fourth-order valence-electron chi connectivity index (χ4n) is 1.39. The van der Waals surface area contributed by atoms with Crippen molar-refractivity contribution in [1.29, 1.82) is 0 Å². The Morgan fingerprint density at radius 1 is 1.35 bits per heavy atom. The average Bonchev–Trinajstić information content (AvgIpc) is 2.15. The summed E-state index contributed by atoms with van der Waals surface area (Å²) in [6.07, 6.45) is -1.09. The van der Waals surface area contributed by atoms with E-state index in [-0.39, 0.29) is 19.0 Å². The second-order valence-electron chi connectivity index (χ2n) is 3.53. The molecule has 0 saturated heterocycles. The highest BCUT2D eigenvalue weighted by Crippen LogP contribution is 2.18. The molecule has 0 bridgehead atoms. The molecule has 0 radical (unpaired) electrons. The maximum Gasteiger partial charge on any atom is 0.401 e. The Labute approximate surface area is 111 Å². The van der Waals surface area contributed by atoms with Gasteiger partial charge in [0.05, 0.1) is 6.54 Å². The quantitative estimate of drug-likeness (QED) is 0.768. The first-order valence-corrected chi connectivity index (χ1v) is 6.18. The summed E-state index contributed by atoms with van der Waals surface area (Å²) in [5.41, 5.74) is 0.716. The lowest BCUT2D eigenvalue weighted by molar-refractivity contribution is -0.146. The Morgan fingerprint density at radius 3 is 2.59 bits per heavy atom. The van der Waals surface area contributed by atoms with Crippen LogP contribution in [0, 0.1) is 0 Å². The summed E-state index contributed by atoms with van der Waals surface area (Å²) in [5, 5.41) is 0. The number of halogens is 5. The number of aromatic nitrogens is 1. The Kier molecular flexibility index (Phi) is 5.69. The van der Waals surface area contributed by atoms with Gasteiger partial charge in [-0.25, -0.2) is 0 Å². The molecule has 0 saturated carbocycles.